The predicted octanol–water partition coefficient (Wildman–Crippen LogP) is 15.9. The molecule has 0 amide bonds. The number of para-hydroxylation sites is 2. The van der Waals surface area contributed by atoms with Crippen molar-refractivity contribution in [2.45, 2.75) is 5.41 Å². The van der Waals surface area contributed by atoms with Crippen LogP contribution in [0.2, 0.25) is 0 Å². The highest BCUT2D eigenvalue weighted by atomic mass is 16.3. The van der Waals surface area contributed by atoms with Crippen molar-refractivity contribution in [1.82, 2.24) is 19.5 Å². The van der Waals surface area contributed by atoms with Gasteiger partial charge in [-0.2, -0.15) is 0 Å². The van der Waals surface area contributed by atoms with Gasteiger partial charge in [-0.1, -0.05) is 182 Å². The zero-order valence-electron chi connectivity index (χ0n) is 37.1. The third kappa shape index (κ3) is 5.38. The Morgan fingerprint density at radius 3 is 1.52 bits per heavy atom. The second-order valence-corrected chi connectivity index (χ2v) is 18.2. The number of hydrogen-bond donors (Lipinski definition) is 0. The van der Waals surface area contributed by atoms with Crippen molar-refractivity contribution < 1.29 is 4.42 Å². The van der Waals surface area contributed by atoms with Gasteiger partial charge in [0.1, 0.15) is 11.2 Å². The monoisotopic (exact) mass is 878 g/mol. The lowest BCUT2D eigenvalue weighted by Gasteiger charge is -2.30. The molecule has 13 aromatic rings. The van der Waals surface area contributed by atoms with Crippen LogP contribution in [0.15, 0.2) is 235 Å². The topological polar surface area (TPSA) is 56.7 Å². The fourth-order valence-corrected chi connectivity index (χ4v) is 11.7. The van der Waals surface area contributed by atoms with E-state index in [1.165, 1.54) is 66.4 Å². The third-order valence-electron chi connectivity index (χ3n) is 14.7. The second kappa shape index (κ2) is 14.4. The first-order chi connectivity index (χ1) is 34.2. The van der Waals surface area contributed by atoms with E-state index >= 15 is 0 Å². The van der Waals surface area contributed by atoms with E-state index in [1.54, 1.807) is 0 Å². The van der Waals surface area contributed by atoms with E-state index in [-0.39, 0.29) is 0 Å². The normalized spacial score (nSPS) is 13.0. The molecule has 5 nitrogen and oxygen atoms in total. The molecular formula is C64H38N4O. The van der Waals surface area contributed by atoms with Crippen LogP contribution in [-0.4, -0.2) is 19.5 Å². The number of benzene rings is 10. The van der Waals surface area contributed by atoms with Crippen LogP contribution in [0.25, 0.3) is 117 Å². The minimum Gasteiger partial charge on any atom is -0.455 e. The molecule has 0 fully saturated rings. The van der Waals surface area contributed by atoms with E-state index in [4.69, 9.17) is 19.4 Å². The molecule has 5 heteroatoms. The van der Waals surface area contributed by atoms with Gasteiger partial charge in [0.2, 0.25) is 0 Å². The molecule has 2 aliphatic rings. The molecule has 0 bridgehead atoms. The molecule has 15 rings (SSSR count). The van der Waals surface area contributed by atoms with Gasteiger partial charge in [0.25, 0.3) is 0 Å². The van der Waals surface area contributed by atoms with E-state index in [2.05, 4.69) is 168 Å². The van der Waals surface area contributed by atoms with Crippen molar-refractivity contribution in [2.75, 3.05) is 0 Å². The molecule has 3 aromatic heterocycles. The molecular weight excluding hydrogens is 841 g/mol. The van der Waals surface area contributed by atoms with Crippen molar-refractivity contribution in [2.24, 2.45) is 0 Å². The molecule has 10 aromatic carbocycles. The van der Waals surface area contributed by atoms with Crippen molar-refractivity contribution in [3.8, 4) is 73.2 Å². The Morgan fingerprint density at radius 2 is 0.841 bits per heavy atom. The molecule has 0 saturated carbocycles. The first kappa shape index (κ1) is 38.0. The lowest BCUT2D eigenvalue weighted by molar-refractivity contribution is 0.669. The van der Waals surface area contributed by atoms with Crippen LogP contribution in [0.3, 0.4) is 0 Å². The average molecular weight is 879 g/mol. The van der Waals surface area contributed by atoms with E-state index in [0.717, 1.165) is 55.3 Å². The summed E-state index contributed by atoms with van der Waals surface area (Å²) < 4.78 is 9.15. The van der Waals surface area contributed by atoms with Gasteiger partial charge < -0.3 is 8.98 Å². The van der Waals surface area contributed by atoms with Gasteiger partial charge in [-0.15, -0.1) is 0 Å². The van der Waals surface area contributed by atoms with Gasteiger partial charge in [-0.05, 0) is 104 Å². The first-order valence-electron chi connectivity index (χ1n) is 23.5. The summed E-state index contributed by atoms with van der Waals surface area (Å²) >= 11 is 0. The minimum atomic E-state index is -0.395. The van der Waals surface area contributed by atoms with Crippen LogP contribution in [0.5, 0.6) is 0 Å². The van der Waals surface area contributed by atoms with Crippen LogP contribution in [0.1, 0.15) is 22.3 Å². The third-order valence-corrected chi connectivity index (χ3v) is 14.7. The summed E-state index contributed by atoms with van der Waals surface area (Å²) in [7, 11) is 0. The van der Waals surface area contributed by atoms with E-state index in [9.17, 15) is 0 Å². The van der Waals surface area contributed by atoms with Crippen LogP contribution in [0, 0.1) is 0 Å². The lowest BCUT2D eigenvalue weighted by atomic mass is 9.70. The van der Waals surface area contributed by atoms with E-state index in [1.807, 2.05) is 66.7 Å². The molecule has 3 heterocycles. The highest BCUT2D eigenvalue weighted by molar-refractivity contribution is 6.13. The van der Waals surface area contributed by atoms with Crippen molar-refractivity contribution >= 4 is 43.7 Å². The van der Waals surface area contributed by atoms with Crippen molar-refractivity contribution in [1.29, 1.82) is 0 Å². The Morgan fingerprint density at radius 1 is 0.319 bits per heavy atom. The van der Waals surface area contributed by atoms with Crippen molar-refractivity contribution in [3.05, 3.63) is 253 Å². The number of nitrogens with zero attached hydrogens (tertiary/aromatic N) is 4. The molecule has 0 unspecified atom stereocenters. The summed E-state index contributed by atoms with van der Waals surface area (Å²) in [6.45, 7) is 0. The Kier molecular flexibility index (Phi) is 7.93. The Balaban J connectivity index is 0.872. The van der Waals surface area contributed by atoms with Crippen LogP contribution in [-0.2, 0) is 5.41 Å². The van der Waals surface area contributed by atoms with Gasteiger partial charge in [-0.25, -0.2) is 15.0 Å². The average Bonchev–Trinajstić information content (AvgIpc) is 4.14. The number of fused-ring (bicyclic) bond motifs is 16. The molecule has 0 N–H and O–H groups in total. The Bertz CT molecular complexity index is 4140. The van der Waals surface area contributed by atoms with Crippen molar-refractivity contribution in [3.63, 3.8) is 0 Å². The quantitative estimate of drug-likeness (QED) is 0.173. The van der Waals surface area contributed by atoms with Crippen LogP contribution in [0.4, 0.5) is 0 Å². The van der Waals surface area contributed by atoms with Gasteiger partial charge in [0.15, 0.2) is 17.5 Å². The number of rotatable bonds is 5. The molecule has 69 heavy (non-hydrogen) atoms. The first-order valence-corrected chi connectivity index (χ1v) is 23.5. The summed E-state index contributed by atoms with van der Waals surface area (Å²) in [6, 6.07) is 82.8. The number of hydrogen-bond acceptors (Lipinski definition) is 4. The summed E-state index contributed by atoms with van der Waals surface area (Å²) in [4.78, 5) is 15.0. The number of furan rings is 1. The maximum absolute atomic E-state index is 6.76. The highest BCUT2D eigenvalue weighted by Gasteiger charge is 2.51. The summed E-state index contributed by atoms with van der Waals surface area (Å²) in [6.07, 6.45) is 0. The van der Waals surface area contributed by atoms with Gasteiger partial charge in [-0.3, -0.25) is 0 Å². The second-order valence-electron chi connectivity index (χ2n) is 18.2. The van der Waals surface area contributed by atoms with Crippen LogP contribution < -0.4 is 0 Å². The maximum Gasteiger partial charge on any atom is 0.167 e. The smallest absolute Gasteiger partial charge is 0.167 e. The maximum atomic E-state index is 6.76. The lowest BCUT2D eigenvalue weighted by Crippen LogP contribution is -2.25. The molecule has 320 valence electrons. The molecule has 0 saturated heterocycles. The van der Waals surface area contributed by atoms with Crippen LogP contribution >= 0.6 is 0 Å². The molecule has 1 spiro atoms. The molecule has 0 atom stereocenters. The minimum absolute atomic E-state index is 0.395. The SMILES string of the molecule is c1ccc(-c2nc(-c3ccccc3)nc(-c3cccc4c3oc3ccc(-n5c6ccccc6c6cc(-c7ccc8c(c7)C7(c9ccccc9-c9ccccc97)c7ccccc7-8)ccc65)cc34)n2)cc1. The highest BCUT2D eigenvalue weighted by Crippen LogP contribution is 2.63. The predicted molar refractivity (Wildman–Crippen MR) is 279 cm³/mol. The molecule has 0 aliphatic heterocycles. The zero-order chi connectivity index (χ0) is 45.2. The molecule has 0 radical (unpaired) electrons. The summed E-state index contributed by atoms with van der Waals surface area (Å²) in [5, 5.41) is 4.43. The Hall–Kier alpha value is -9.19. The fourth-order valence-electron chi connectivity index (χ4n) is 11.7. The van der Waals surface area contributed by atoms with Gasteiger partial charge >= 0.3 is 0 Å². The van der Waals surface area contributed by atoms with Gasteiger partial charge in [0.05, 0.1) is 22.0 Å². The van der Waals surface area contributed by atoms with E-state index in [0.29, 0.717) is 17.5 Å². The summed E-state index contributed by atoms with van der Waals surface area (Å²) in [5.41, 5.74) is 20.2. The zero-order valence-corrected chi connectivity index (χ0v) is 37.1. The van der Waals surface area contributed by atoms with E-state index < -0.39 is 5.41 Å². The van der Waals surface area contributed by atoms with Gasteiger partial charge in [0, 0.05) is 38.4 Å². The fraction of sp³-hybridized carbons (Fsp3) is 0.0156. The standard InChI is InChI=1S/C64H38N4O/c1-3-16-39(17-4-1)61-65-62(40-18-5-2-6-19-40)67-63(66-61)50-25-15-24-49-52-38-43(32-35-59(52)69-60(49)50)68-57-29-14-10-23-48(57)51-36-41(31-34-58(51)68)42-30-33-47-46-22-9-13-28-55(46)64(56(47)37-42)53-26-11-7-20-44(53)45-21-8-12-27-54(45)64/h1-38H. The molecule has 2 aliphatic carbocycles. The Labute approximate surface area is 397 Å². The summed E-state index contributed by atoms with van der Waals surface area (Å²) in [5.74, 6) is 1.78. The number of aromatic nitrogens is 4. The largest absolute Gasteiger partial charge is 0.455 e.